The minimum atomic E-state index is -0.465. The molecule has 1 fully saturated rings. The third kappa shape index (κ3) is 4.41. The van der Waals surface area contributed by atoms with Crippen molar-refractivity contribution in [2.45, 2.75) is 43.2 Å². The molecule has 0 radical (unpaired) electrons. The van der Waals surface area contributed by atoms with Gasteiger partial charge < -0.3 is 5.32 Å². The Labute approximate surface area is 183 Å². The van der Waals surface area contributed by atoms with Crippen LogP contribution in [0.2, 0.25) is 0 Å². The van der Waals surface area contributed by atoms with Crippen molar-refractivity contribution in [2.24, 2.45) is 14.1 Å². The lowest BCUT2D eigenvalue weighted by atomic mass is 9.95. The van der Waals surface area contributed by atoms with Crippen LogP contribution in [0, 0.1) is 0 Å². The summed E-state index contributed by atoms with van der Waals surface area (Å²) in [5.41, 5.74) is 0.109. The Hall–Kier alpha value is -2.94. The first-order valence-electron chi connectivity index (χ1n) is 10.4. The zero-order valence-corrected chi connectivity index (χ0v) is 18.4. The number of rotatable bonds is 5. The average Bonchev–Trinajstić information content (AvgIpc) is 2.80. The van der Waals surface area contributed by atoms with E-state index in [2.05, 4.69) is 15.3 Å². The minimum Gasteiger partial charge on any atom is -0.353 e. The Bertz CT molecular complexity index is 1230. The van der Waals surface area contributed by atoms with Crippen LogP contribution in [0.1, 0.15) is 32.1 Å². The Morgan fingerprint density at radius 1 is 1.06 bits per heavy atom. The number of nitrogens with zero attached hydrogens (tertiary/aromatic N) is 4. The maximum absolute atomic E-state index is 12.9. The van der Waals surface area contributed by atoms with Gasteiger partial charge in [0.25, 0.3) is 5.56 Å². The smallest absolute Gasteiger partial charge is 0.332 e. The van der Waals surface area contributed by atoms with Crippen LogP contribution in [-0.2, 0) is 18.9 Å². The largest absolute Gasteiger partial charge is 0.353 e. The van der Waals surface area contributed by atoms with Crippen molar-refractivity contribution in [1.82, 2.24) is 24.4 Å². The fourth-order valence-corrected chi connectivity index (χ4v) is 4.72. The highest BCUT2D eigenvalue weighted by Crippen LogP contribution is 2.26. The molecule has 0 atom stereocenters. The van der Waals surface area contributed by atoms with Crippen molar-refractivity contribution in [3.05, 3.63) is 51.2 Å². The van der Waals surface area contributed by atoms with Crippen molar-refractivity contribution >= 4 is 28.7 Å². The Morgan fingerprint density at radius 3 is 2.48 bits per heavy atom. The van der Waals surface area contributed by atoms with Crippen LogP contribution in [0.25, 0.3) is 22.4 Å². The van der Waals surface area contributed by atoms with Crippen LogP contribution in [0.4, 0.5) is 0 Å². The van der Waals surface area contributed by atoms with Crippen molar-refractivity contribution < 1.29 is 4.79 Å². The molecule has 1 N–H and O–H groups in total. The highest BCUT2D eigenvalue weighted by Gasteiger charge is 2.20. The van der Waals surface area contributed by atoms with E-state index in [1.54, 1.807) is 7.05 Å². The molecule has 9 heteroatoms. The number of amides is 1. The van der Waals surface area contributed by atoms with Gasteiger partial charge in [0.2, 0.25) is 5.91 Å². The fourth-order valence-electron chi connectivity index (χ4n) is 3.90. The summed E-state index contributed by atoms with van der Waals surface area (Å²) in [7, 11) is 3.01. The summed E-state index contributed by atoms with van der Waals surface area (Å²) < 4.78 is 2.39. The summed E-state index contributed by atoms with van der Waals surface area (Å²) in [5.74, 6) is 0.473. The maximum Gasteiger partial charge on any atom is 0.332 e. The van der Waals surface area contributed by atoms with Gasteiger partial charge in [0.15, 0.2) is 11.5 Å². The summed E-state index contributed by atoms with van der Waals surface area (Å²) in [6, 6.07) is 9.58. The predicted octanol–water partition coefficient (Wildman–Crippen LogP) is 2.24. The van der Waals surface area contributed by atoms with Crippen LogP contribution in [-0.4, -0.2) is 36.8 Å². The molecule has 1 amide bonds. The van der Waals surface area contributed by atoms with Gasteiger partial charge in [-0.05, 0) is 12.8 Å². The van der Waals surface area contributed by atoms with E-state index in [1.807, 2.05) is 30.3 Å². The summed E-state index contributed by atoms with van der Waals surface area (Å²) >= 11 is 1.20. The predicted molar refractivity (Wildman–Crippen MR) is 121 cm³/mol. The summed E-state index contributed by atoms with van der Waals surface area (Å²) in [4.78, 5) is 47.0. The molecule has 31 heavy (non-hydrogen) atoms. The van der Waals surface area contributed by atoms with Gasteiger partial charge in [0, 0.05) is 25.7 Å². The standard InChI is InChI=1S/C22H25N5O3S/c1-26-19-17(21(29)27(2)22(26)30)20(25-18(24-19)14-9-5-3-6-10-14)31-13-16(28)23-15-11-7-4-8-12-15/h3,5-6,9-10,15H,4,7-8,11-13H2,1-2H3,(H,23,28). The van der Waals surface area contributed by atoms with Gasteiger partial charge in [0.1, 0.15) is 10.4 Å². The average molecular weight is 440 g/mol. The van der Waals surface area contributed by atoms with Crippen molar-refractivity contribution in [3.63, 3.8) is 0 Å². The molecule has 1 aliphatic carbocycles. The highest BCUT2D eigenvalue weighted by molar-refractivity contribution is 8.00. The molecule has 0 unspecified atom stereocenters. The van der Waals surface area contributed by atoms with Gasteiger partial charge in [-0.1, -0.05) is 61.4 Å². The number of benzene rings is 1. The van der Waals surface area contributed by atoms with Crippen molar-refractivity contribution in [2.75, 3.05) is 5.75 Å². The van der Waals surface area contributed by atoms with Crippen molar-refractivity contribution in [3.8, 4) is 11.4 Å². The lowest BCUT2D eigenvalue weighted by molar-refractivity contribution is -0.119. The number of nitrogens with one attached hydrogen (secondary N) is 1. The Balaban J connectivity index is 1.72. The van der Waals surface area contributed by atoms with E-state index >= 15 is 0 Å². The zero-order valence-electron chi connectivity index (χ0n) is 17.6. The van der Waals surface area contributed by atoms with Crippen LogP contribution in [0.15, 0.2) is 44.9 Å². The first-order valence-corrected chi connectivity index (χ1v) is 11.4. The molecule has 1 saturated carbocycles. The molecule has 2 aromatic heterocycles. The van der Waals surface area contributed by atoms with E-state index in [0.717, 1.165) is 35.8 Å². The molecule has 1 aromatic carbocycles. The highest BCUT2D eigenvalue weighted by atomic mass is 32.2. The van der Waals surface area contributed by atoms with Gasteiger partial charge in [-0.2, -0.15) is 0 Å². The molecule has 8 nitrogen and oxygen atoms in total. The number of aromatic nitrogens is 4. The van der Waals surface area contributed by atoms with Gasteiger partial charge in [0.05, 0.1) is 5.75 Å². The van der Waals surface area contributed by atoms with Gasteiger partial charge in [-0.3, -0.25) is 18.7 Å². The molecule has 0 spiro atoms. The second-order valence-electron chi connectivity index (χ2n) is 7.81. The first kappa shape index (κ1) is 21.3. The molecule has 1 aliphatic rings. The van der Waals surface area contributed by atoms with E-state index in [9.17, 15) is 14.4 Å². The fraction of sp³-hybridized carbons (Fsp3) is 0.409. The second-order valence-corrected chi connectivity index (χ2v) is 8.78. The SMILES string of the molecule is Cn1c(=O)c2c(SCC(=O)NC3CCCCC3)nc(-c3ccccc3)nc2n(C)c1=O. The van der Waals surface area contributed by atoms with E-state index < -0.39 is 11.2 Å². The number of thioether (sulfide) groups is 1. The normalized spacial score (nSPS) is 14.6. The van der Waals surface area contributed by atoms with Gasteiger partial charge in [-0.25, -0.2) is 14.8 Å². The zero-order chi connectivity index (χ0) is 22.0. The van der Waals surface area contributed by atoms with Gasteiger partial charge in [-0.15, -0.1) is 0 Å². The Kier molecular flexibility index (Phi) is 6.22. The van der Waals surface area contributed by atoms with Crippen LogP contribution < -0.4 is 16.6 Å². The van der Waals surface area contributed by atoms with Crippen LogP contribution in [0.5, 0.6) is 0 Å². The molecule has 0 aliphatic heterocycles. The van der Waals surface area contributed by atoms with E-state index in [4.69, 9.17) is 0 Å². The van der Waals surface area contributed by atoms with Crippen LogP contribution >= 0.6 is 11.8 Å². The number of hydrogen-bond donors (Lipinski definition) is 1. The van der Waals surface area contributed by atoms with Crippen LogP contribution in [0.3, 0.4) is 0 Å². The monoisotopic (exact) mass is 439 g/mol. The maximum atomic E-state index is 12.9. The first-order chi connectivity index (χ1) is 15.0. The minimum absolute atomic E-state index is 0.0773. The number of hydrogen-bond acceptors (Lipinski definition) is 6. The van der Waals surface area contributed by atoms with E-state index in [-0.39, 0.29) is 28.7 Å². The summed E-state index contributed by atoms with van der Waals surface area (Å²) in [5, 5.41) is 3.74. The molecule has 0 saturated heterocycles. The lowest BCUT2D eigenvalue weighted by Crippen LogP contribution is -2.38. The number of carbonyl (C=O) groups excluding carboxylic acids is 1. The molecule has 0 bridgehead atoms. The number of fused-ring (bicyclic) bond motifs is 1. The summed E-state index contributed by atoms with van der Waals surface area (Å²) in [6.07, 6.45) is 5.51. The van der Waals surface area contributed by atoms with Crippen molar-refractivity contribution in [1.29, 1.82) is 0 Å². The quantitative estimate of drug-likeness (QED) is 0.484. The molecule has 4 rings (SSSR count). The number of aryl methyl sites for hydroxylation is 1. The molecule has 162 valence electrons. The van der Waals surface area contributed by atoms with E-state index in [1.165, 1.54) is 29.8 Å². The summed E-state index contributed by atoms with van der Waals surface area (Å²) in [6.45, 7) is 0. The molecule has 2 heterocycles. The number of carbonyl (C=O) groups is 1. The third-order valence-electron chi connectivity index (χ3n) is 5.61. The lowest BCUT2D eigenvalue weighted by Gasteiger charge is -2.22. The van der Waals surface area contributed by atoms with E-state index in [0.29, 0.717) is 10.9 Å². The topological polar surface area (TPSA) is 98.9 Å². The molecular formula is C22H25N5O3S. The molecular weight excluding hydrogens is 414 g/mol. The Morgan fingerprint density at radius 2 is 1.77 bits per heavy atom. The van der Waals surface area contributed by atoms with Gasteiger partial charge >= 0.3 is 5.69 Å². The third-order valence-corrected chi connectivity index (χ3v) is 6.58. The molecule has 3 aromatic rings. The second kappa shape index (κ2) is 9.05.